The molecule has 0 aliphatic carbocycles. The Labute approximate surface area is 120 Å². The van der Waals surface area contributed by atoms with Crippen LogP contribution in [0.1, 0.15) is 25.1 Å². The molecule has 1 aromatic rings. The second kappa shape index (κ2) is 8.51. The summed E-state index contributed by atoms with van der Waals surface area (Å²) in [6.45, 7) is 4.96. The van der Waals surface area contributed by atoms with E-state index in [9.17, 15) is 4.79 Å². The number of rotatable bonds is 6. The molecule has 2 N–H and O–H groups in total. The predicted molar refractivity (Wildman–Crippen MR) is 80.3 cm³/mol. The maximum atomic E-state index is 11.9. The number of hydrogen-bond donors (Lipinski definition) is 1. The number of likely N-dealkylation sites (N-methyl/N-ethyl adjacent to an activating group) is 1. The molecule has 1 aromatic heterocycles. The number of carbonyl (C=O) groups excluding carboxylic acids is 1. The lowest BCUT2D eigenvalue weighted by Gasteiger charge is -2.21. The Bertz CT molecular complexity index is 341. The summed E-state index contributed by atoms with van der Waals surface area (Å²) < 4.78 is 0. The molecule has 0 saturated carbocycles. The number of nitrogens with two attached hydrogens (primary N) is 1. The zero-order valence-corrected chi connectivity index (χ0v) is 12.9. The van der Waals surface area contributed by atoms with Crippen LogP contribution in [0.2, 0.25) is 0 Å². The fourth-order valence-corrected chi connectivity index (χ4v) is 2.19. The second-order valence-corrected chi connectivity index (χ2v) is 5.80. The van der Waals surface area contributed by atoms with Crippen molar-refractivity contribution in [3.8, 4) is 0 Å². The van der Waals surface area contributed by atoms with Gasteiger partial charge in [0.1, 0.15) is 0 Å². The Morgan fingerprint density at radius 2 is 2.17 bits per heavy atom. The molecular formula is C13H23ClN2OS. The van der Waals surface area contributed by atoms with Gasteiger partial charge in [-0.25, -0.2) is 0 Å². The monoisotopic (exact) mass is 290 g/mol. The van der Waals surface area contributed by atoms with Crippen LogP contribution in [0.15, 0.2) is 17.5 Å². The molecule has 1 amide bonds. The maximum Gasteiger partial charge on any atom is 0.227 e. The van der Waals surface area contributed by atoms with Crippen LogP contribution in [0.4, 0.5) is 0 Å². The highest BCUT2D eigenvalue weighted by Crippen LogP contribution is 2.11. The molecule has 1 rings (SSSR count). The van der Waals surface area contributed by atoms with Crippen LogP contribution in [0.3, 0.4) is 0 Å². The molecule has 3 nitrogen and oxygen atoms in total. The summed E-state index contributed by atoms with van der Waals surface area (Å²) in [6, 6.07) is 4.14. The smallest absolute Gasteiger partial charge is 0.227 e. The zero-order valence-electron chi connectivity index (χ0n) is 11.3. The van der Waals surface area contributed by atoms with Gasteiger partial charge in [0, 0.05) is 24.5 Å². The third kappa shape index (κ3) is 5.85. The van der Waals surface area contributed by atoms with Crippen molar-refractivity contribution in [1.82, 2.24) is 4.90 Å². The molecule has 0 spiro atoms. The van der Waals surface area contributed by atoms with Gasteiger partial charge < -0.3 is 10.6 Å². The Hall–Kier alpha value is -0.580. The van der Waals surface area contributed by atoms with Gasteiger partial charge >= 0.3 is 0 Å². The van der Waals surface area contributed by atoms with E-state index in [0.29, 0.717) is 12.3 Å². The lowest BCUT2D eigenvalue weighted by Crippen LogP contribution is -2.35. The van der Waals surface area contributed by atoms with E-state index in [2.05, 4.69) is 13.8 Å². The average molecular weight is 291 g/mol. The fraction of sp³-hybridized carbons (Fsp3) is 0.615. The average Bonchev–Trinajstić information content (AvgIpc) is 2.77. The second-order valence-electron chi connectivity index (χ2n) is 4.77. The van der Waals surface area contributed by atoms with E-state index in [0.717, 1.165) is 17.8 Å². The molecule has 0 saturated heterocycles. The molecule has 0 bridgehead atoms. The molecular weight excluding hydrogens is 268 g/mol. The summed E-state index contributed by atoms with van der Waals surface area (Å²) in [5.74, 6) is 0.638. The van der Waals surface area contributed by atoms with Crippen molar-refractivity contribution in [2.24, 2.45) is 11.7 Å². The number of halogens is 1. The molecule has 0 aliphatic rings. The highest BCUT2D eigenvalue weighted by Gasteiger charge is 2.13. The van der Waals surface area contributed by atoms with Gasteiger partial charge in [-0.2, -0.15) is 0 Å². The van der Waals surface area contributed by atoms with E-state index >= 15 is 0 Å². The van der Waals surface area contributed by atoms with E-state index in [4.69, 9.17) is 5.73 Å². The minimum Gasteiger partial charge on any atom is -0.345 e. The van der Waals surface area contributed by atoms with Gasteiger partial charge in [-0.05, 0) is 23.8 Å². The SMILES string of the molecule is CC(C)C(N)CCN(C)C(=O)Cc1cccs1.Cl. The Kier molecular flexibility index (Phi) is 8.24. The van der Waals surface area contributed by atoms with Gasteiger partial charge in [0.2, 0.25) is 5.91 Å². The van der Waals surface area contributed by atoms with E-state index in [1.807, 2.05) is 24.6 Å². The number of hydrogen-bond acceptors (Lipinski definition) is 3. The molecule has 104 valence electrons. The van der Waals surface area contributed by atoms with Gasteiger partial charge in [-0.3, -0.25) is 4.79 Å². The van der Waals surface area contributed by atoms with Gasteiger partial charge in [-0.15, -0.1) is 23.7 Å². The van der Waals surface area contributed by atoms with Crippen LogP contribution in [0.5, 0.6) is 0 Å². The third-order valence-electron chi connectivity index (χ3n) is 2.99. The van der Waals surface area contributed by atoms with Crippen LogP contribution in [0.25, 0.3) is 0 Å². The van der Waals surface area contributed by atoms with Gasteiger partial charge in [0.15, 0.2) is 0 Å². The zero-order chi connectivity index (χ0) is 12.8. The molecule has 0 aromatic carbocycles. The van der Waals surface area contributed by atoms with Crippen LogP contribution >= 0.6 is 23.7 Å². The Morgan fingerprint density at radius 1 is 1.50 bits per heavy atom. The molecule has 0 radical (unpaired) electrons. The van der Waals surface area contributed by atoms with Crippen LogP contribution < -0.4 is 5.73 Å². The van der Waals surface area contributed by atoms with Crippen LogP contribution in [-0.4, -0.2) is 30.4 Å². The lowest BCUT2D eigenvalue weighted by atomic mass is 10.0. The van der Waals surface area contributed by atoms with E-state index in [1.54, 1.807) is 16.2 Å². The van der Waals surface area contributed by atoms with Crippen LogP contribution in [0, 0.1) is 5.92 Å². The largest absolute Gasteiger partial charge is 0.345 e. The number of amides is 1. The van der Waals surface area contributed by atoms with Crippen molar-refractivity contribution in [1.29, 1.82) is 0 Å². The Balaban J connectivity index is 0.00000289. The summed E-state index contributed by atoms with van der Waals surface area (Å²) in [5, 5.41) is 2.00. The van der Waals surface area contributed by atoms with Gasteiger partial charge in [0.25, 0.3) is 0 Å². The molecule has 0 fully saturated rings. The molecule has 1 atom stereocenters. The summed E-state index contributed by atoms with van der Waals surface area (Å²) in [5.41, 5.74) is 5.97. The first-order chi connectivity index (χ1) is 8.00. The number of nitrogens with zero attached hydrogens (tertiary/aromatic N) is 1. The topological polar surface area (TPSA) is 46.3 Å². The van der Waals surface area contributed by atoms with Crippen molar-refractivity contribution in [2.75, 3.05) is 13.6 Å². The summed E-state index contributed by atoms with van der Waals surface area (Å²) in [6.07, 6.45) is 1.37. The minimum absolute atomic E-state index is 0. The molecule has 18 heavy (non-hydrogen) atoms. The normalized spacial score (nSPS) is 12.1. The maximum absolute atomic E-state index is 11.9. The minimum atomic E-state index is 0. The van der Waals surface area contributed by atoms with Crippen LogP contribution in [-0.2, 0) is 11.2 Å². The van der Waals surface area contributed by atoms with E-state index in [1.165, 1.54) is 0 Å². The van der Waals surface area contributed by atoms with E-state index < -0.39 is 0 Å². The summed E-state index contributed by atoms with van der Waals surface area (Å²) in [4.78, 5) is 14.8. The summed E-state index contributed by atoms with van der Waals surface area (Å²) in [7, 11) is 1.85. The highest BCUT2D eigenvalue weighted by molar-refractivity contribution is 7.10. The van der Waals surface area contributed by atoms with Crippen molar-refractivity contribution in [3.05, 3.63) is 22.4 Å². The highest BCUT2D eigenvalue weighted by atomic mass is 35.5. The van der Waals surface area contributed by atoms with Gasteiger partial charge in [0.05, 0.1) is 6.42 Å². The number of thiophene rings is 1. The van der Waals surface area contributed by atoms with Crippen molar-refractivity contribution < 1.29 is 4.79 Å². The van der Waals surface area contributed by atoms with E-state index in [-0.39, 0.29) is 24.4 Å². The first kappa shape index (κ1) is 17.4. The first-order valence-electron chi connectivity index (χ1n) is 6.02. The van der Waals surface area contributed by atoms with Gasteiger partial charge in [-0.1, -0.05) is 19.9 Å². The molecule has 1 heterocycles. The molecule has 0 aliphatic heterocycles. The molecule has 5 heteroatoms. The third-order valence-corrected chi connectivity index (χ3v) is 3.86. The quantitative estimate of drug-likeness (QED) is 0.875. The van der Waals surface area contributed by atoms with Crippen molar-refractivity contribution in [2.45, 2.75) is 32.7 Å². The Morgan fingerprint density at radius 3 is 2.67 bits per heavy atom. The number of carbonyl (C=O) groups is 1. The summed E-state index contributed by atoms with van der Waals surface area (Å²) >= 11 is 1.63. The molecule has 1 unspecified atom stereocenters. The first-order valence-corrected chi connectivity index (χ1v) is 6.90. The standard InChI is InChI=1S/C13H22N2OS.ClH/c1-10(2)12(14)6-7-15(3)13(16)9-11-5-4-8-17-11;/h4-5,8,10,12H,6-7,9,14H2,1-3H3;1H. The van der Waals surface area contributed by atoms with Crippen molar-refractivity contribution in [3.63, 3.8) is 0 Å². The fourth-order valence-electron chi connectivity index (χ4n) is 1.50. The lowest BCUT2D eigenvalue weighted by molar-refractivity contribution is -0.129. The predicted octanol–water partition coefficient (Wildman–Crippen LogP) is 2.54. The van der Waals surface area contributed by atoms with Crippen molar-refractivity contribution >= 4 is 29.7 Å².